The van der Waals surface area contributed by atoms with Crippen molar-refractivity contribution in [1.82, 2.24) is 20.9 Å². The van der Waals surface area contributed by atoms with Gasteiger partial charge in [0.05, 0.1) is 12.0 Å². The highest BCUT2D eigenvalue weighted by Gasteiger charge is 2.35. The number of carbonyl (C=O) groups excluding carboxylic acids is 5. The Morgan fingerprint density at radius 2 is 1.83 bits per heavy atom. The summed E-state index contributed by atoms with van der Waals surface area (Å²) in [7, 11) is 0. The minimum absolute atomic E-state index is 0.0182. The summed E-state index contributed by atoms with van der Waals surface area (Å²) in [5.74, 6) is -0.575. The molecular weight excluding hydrogens is 464 g/mol. The normalized spacial score (nSPS) is 24.4. The molecule has 0 bridgehead atoms. The SMILES string of the molecule is CC(C)C[C@H](NC(=O)OCC1CCN(CC2CCCCC2)C1=O)C(=O)N[C@H](C=O)C[C@@H]1CCNC1=O. The molecule has 0 aromatic heterocycles. The van der Waals surface area contributed by atoms with Gasteiger partial charge in [-0.3, -0.25) is 14.4 Å². The molecule has 4 amide bonds. The molecule has 3 aliphatic rings. The summed E-state index contributed by atoms with van der Waals surface area (Å²) in [6, 6.07) is -1.70. The Bertz CT molecular complexity index is 797. The summed E-state index contributed by atoms with van der Waals surface area (Å²) in [6.45, 7) is 5.87. The van der Waals surface area contributed by atoms with Crippen molar-refractivity contribution in [2.45, 2.75) is 83.7 Å². The zero-order chi connectivity index (χ0) is 26.1. The molecular formula is C26H42N4O6. The zero-order valence-electron chi connectivity index (χ0n) is 21.6. The van der Waals surface area contributed by atoms with Crippen LogP contribution in [-0.2, 0) is 23.9 Å². The van der Waals surface area contributed by atoms with E-state index in [1.54, 1.807) is 0 Å². The molecule has 0 radical (unpaired) electrons. The van der Waals surface area contributed by atoms with Crippen molar-refractivity contribution in [3.05, 3.63) is 0 Å². The van der Waals surface area contributed by atoms with Crippen molar-refractivity contribution in [2.75, 3.05) is 26.2 Å². The quantitative estimate of drug-likeness (QED) is 0.346. The maximum Gasteiger partial charge on any atom is 0.407 e. The van der Waals surface area contributed by atoms with Gasteiger partial charge in [0.25, 0.3) is 0 Å². The lowest BCUT2D eigenvalue weighted by Crippen LogP contribution is -2.51. The summed E-state index contributed by atoms with van der Waals surface area (Å²) < 4.78 is 5.35. The minimum atomic E-state index is -0.889. The number of hydrogen-bond acceptors (Lipinski definition) is 6. The first kappa shape index (κ1) is 27.9. The first-order chi connectivity index (χ1) is 17.3. The van der Waals surface area contributed by atoms with E-state index in [1.807, 2.05) is 18.7 Å². The van der Waals surface area contributed by atoms with E-state index >= 15 is 0 Å². The van der Waals surface area contributed by atoms with Gasteiger partial charge in [-0.1, -0.05) is 33.1 Å². The van der Waals surface area contributed by atoms with E-state index < -0.39 is 24.1 Å². The zero-order valence-corrected chi connectivity index (χ0v) is 21.6. The highest BCUT2D eigenvalue weighted by atomic mass is 16.5. The summed E-state index contributed by atoms with van der Waals surface area (Å²) in [5, 5.41) is 7.98. The van der Waals surface area contributed by atoms with Crippen LogP contribution in [-0.4, -0.2) is 73.3 Å². The van der Waals surface area contributed by atoms with E-state index in [-0.39, 0.29) is 42.6 Å². The maximum absolute atomic E-state index is 12.9. The molecule has 1 aliphatic carbocycles. The number of alkyl carbamates (subject to hydrolysis) is 1. The Labute approximate surface area is 213 Å². The molecule has 2 heterocycles. The van der Waals surface area contributed by atoms with Crippen LogP contribution in [0.15, 0.2) is 0 Å². The van der Waals surface area contributed by atoms with Crippen LogP contribution in [0, 0.1) is 23.7 Å². The molecule has 0 aromatic rings. The van der Waals surface area contributed by atoms with Crippen molar-refractivity contribution in [3.8, 4) is 0 Å². The van der Waals surface area contributed by atoms with Crippen LogP contribution < -0.4 is 16.0 Å². The standard InChI is InChI=1S/C26H42N4O6/c1-17(2)12-22(24(33)28-21(15-31)13-19-8-10-27-23(19)32)29-26(35)36-16-20-9-11-30(25(20)34)14-18-6-4-3-5-7-18/h15,17-22H,3-14,16H2,1-2H3,(H,27,32)(H,28,33)(H,29,35)/t19-,20?,21-,22-/m0/s1. The van der Waals surface area contributed by atoms with Crippen LogP contribution in [0.3, 0.4) is 0 Å². The third-order valence-corrected chi connectivity index (χ3v) is 7.54. The van der Waals surface area contributed by atoms with Gasteiger partial charge in [0.1, 0.15) is 18.9 Å². The average molecular weight is 507 g/mol. The molecule has 1 unspecified atom stereocenters. The molecule has 10 heteroatoms. The highest BCUT2D eigenvalue weighted by Crippen LogP contribution is 2.27. The summed E-state index contributed by atoms with van der Waals surface area (Å²) in [5.41, 5.74) is 0. The topological polar surface area (TPSA) is 134 Å². The largest absolute Gasteiger partial charge is 0.449 e. The number of nitrogens with one attached hydrogen (secondary N) is 3. The van der Waals surface area contributed by atoms with Crippen molar-refractivity contribution in [1.29, 1.82) is 0 Å². The Kier molecular flexibility index (Phi) is 10.6. The van der Waals surface area contributed by atoms with Gasteiger partial charge in [0.15, 0.2) is 0 Å². The number of carbonyl (C=O) groups is 5. The van der Waals surface area contributed by atoms with E-state index in [4.69, 9.17) is 4.74 Å². The van der Waals surface area contributed by atoms with Gasteiger partial charge in [0, 0.05) is 25.6 Å². The smallest absolute Gasteiger partial charge is 0.407 e. The minimum Gasteiger partial charge on any atom is -0.449 e. The fourth-order valence-electron chi connectivity index (χ4n) is 5.49. The van der Waals surface area contributed by atoms with Crippen LogP contribution >= 0.6 is 0 Å². The first-order valence-corrected chi connectivity index (χ1v) is 13.5. The van der Waals surface area contributed by atoms with E-state index in [1.165, 1.54) is 32.1 Å². The van der Waals surface area contributed by atoms with Gasteiger partial charge < -0.3 is 30.4 Å². The fraction of sp³-hybridized carbons (Fsp3) is 0.808. The van der Waals surface area contributed by atoms with Crippen LogP contribution in [0.5, 0.6) is 0 Å². The van der Waals surface area contributed by atoms with Crippen LogP contribution in [0.25, 0.3) is 0 Å². The lowest BCUT2D eigenvalue weighted by atomic mass is 9.89. The summed E-state index contributed by atoms with van der Waals surface area (Å²) in [4.78, 5) is 63.4. The van der Waals surface area contributed by atoms with Gasteiger partial charge in [-0.25, -0.2) is 4.79 Å². The van der Waals surface area contributed by atoms with Gasteiger partial charge in [-0.05, 0) is 50.4 Å². The number of amides is 4. The number of rotatable bonds is 12. The number of aldehydes is 1. The molecule has 202 valence electrons. The lowest BCUT2D eigenvalue weighted by molar-refractivity contribution is -0.132. The molecule has 4 atom stereocenters. The molecule has 3 N–H and O–H groups in total. The van der Waals surface area contributed by atoms with Gasteiger partial charge in [0.2, 0.25) is 17.7 Å². The number of likely N-dealkylation sites (tertiary alicyclic amines) is 1. The lowest BCUT2D eigenvalue weighted by Gasteiger charge is -2.27. The van der Waals surface area contributed by atoms with Crippen LogP contribution in [0.1, 0.15) is 71.6 Å². The molecule has 0 aromatic carbocycles. The van der Waals surface area contributed by atoms with Gasteiger partial charge >= 0.3 is 6.09 Å². The Morgan fingerprint density at radius 1 is 1.08 bits per heavy atom. The Hall–Kier alpha value is -2.65. The third kappa shape index (κ3) is 8.20. The average Bonchev–Trinajstić information content (AvgIpc) is 3.41. The summed E-state index contributed by atoms with van der Waals surface area (Å²) in [6.07, 6.45) is 7.81. The molecule has 3 rings (SSSR count). The molecule has 10 nitrogen and oxygen atoms in total. The monoisotopic (exact) mass is 506 g/mol. The highest BCUT2D eigenvalue weighted by molar-refractivity contribution is 5.88. The number of nitrogens with zero attached hydrogens (tertiary/aromatic N) is 1. The van der Waals surface area contributed by atoms with Crippen molar-refractivity contribution < 1.29 is 28.7 Å². The Morgan fingerprint density at radius 3 is 2.47 bits per heavy atom. The first-order valence-electron chi connectivity index (χ1n) is 13.5. The molecule has 2 saturated heterocycles. The summed E-state index contributed by atoms with van der Waals surface area (Å²) >= 11 is 0. The number of ether oxygens (including phenoxy) is 1. The Balaban J connectivity index is 1.46. The van der Waals surface area contributed by atoms with Crippen molar-refractivity contribution in [3.63, 3.8) is 0 Å². The van der Waals surface area contributed by atoms with Crippen molar-refractivity contribution in [2.24, 2.45) is 23.7 Å². The predicted molar refractivity (Wildman–Crippen MR) is 133 cm³/mol. The molecule has 36 heavy (non-hydrogen) atoms. The van der Waals surface area contributed by atoms with E-state index in [9.17, 15) is 24.0 Å². The number of hydrogen-bond donors (Lipinski definition) is 3. The second-order valence-electron chi connectivity index (χ2n) is 11.0. The third-order valence-electron chi connectivity index (χ3n) is 7.54. The van der Waals surface area contributed by atoms with Gasteiger partial charge in [-0.2, -0.15) is 0 Å². The predicted octanol–water partition coefficient (Wildman–Crippen LogP) is 1.77. The second-order valence-corrected chi connectivity index (χ2v) is 11.0. The van der Waals surface area contributed by atoms with Gasteiger partial charge in [-0.15, -0.1) is 0 Å². The van der Waals surface area contributed by atoms with Crippen LogP contribution in [0.2, 0.25) is 0 Å². The molecule has 1 saturated carbocycles. The molecule has 3 fully saturated rings. The molecule has 0 spiro atoms. The van der Waals surface area contributed by atoms with Crippen molar-refractivity contribution >= 4 is 30.1 Å². The van der Waals surface area contributed by atoms with E-state index in [2.05, 4.69) is 16.0 Å². The second kappa shape index (κ2) is 13.6. The maximum atomic E-state index is 12.9. The van der Waals surface area contributed by atoms with E-state index in [0.717, 1.165) is 6.54 Å². The van der Waals surface area contributed by atoms with Crippen LogP contribution in [0.4, 0.5) is 4.79 Å². The fourth-order valence-corrected chi connectivity index (χ4v) is 5.49. The molecule has 2 aliphatic heterocycles. The van der Waals surface area contributed by atoms with E-state index in [0.29, 0.717) is 44.6 Å².